The fraction of sp³-hybridized carbons (Fsp3) is 0.500. The largest absolute Gasteiger partial charge is 0.503 e. The van der Waals surface area contributed by atoms with E-state index in [-0.39, 0.29) is 24.3 Å². The van der Waals surface area contributed by atoms with Gasteiger partial charge in [-0.1, -0.05) is 0 Å². The first-order chi connectivity index (χ1) is 6.86. The van der Waals surface area contributed by atoms with Crippen LogP contribution in [-0.2, 0) is 0 Å². The predicted octanol–water partition coefficient (Wildman–Crippen LogP) is 1.34. The van der Waals surface area contributed by atoms with E-state index in [2.05, 4.69) is 10.3 Å². The molecule has 5 heteroatoms. The number of hydrogen-bond acceptors (Lipinski definition) is 4. The number of nitrogens with zero attached hydrogens (tertiary/aromatic N) is 1. The first kappa shape index (κ1) is 12.1. The Kier molecular flexibility index (Phi) is 4.65. The maximum Gasteiger partial charge on any atom is 0.257 e. The van der Waals surface area contributed by atoms with Crippen LogP contribution in [0.5, 0.6) is 11.6 Å². The average molecular weight is 231 g/mol. The Balaban J connectivity index is 0.00000112. The van der Waals surface area contributed by atoms with Crippen molar-refractivity contribution in [2.75, 3.05) is 13.1 Å². The molecule has 2 heterocycles. The van der Waals surface area contributed by atoms with E-state index in [1.165, 1.54) is 0 Å². The van der Waals surface area contributed by atoms with Crippen LogP contribution in [0.1, 0.15) is 12.8 Å². The van der Waals surface area contributed by atoms with Gasteiger partial charge in [0.15, 0.2) is 5.75 Å². The van der Waals surface area contributed by atoms with Crippen molar-refractivity contribution in [1.82, 2.24) is 10.3 Å². The predicted molar refractivity (Wildman–Crippen MR) is 59.7 cm³/mol. The Hall–Kier alpha value is -1.00. The minimum Gasteiger partial charge on any atom is -0.503 e. The van der Waals surface area contributed by atoms with Crippen LogP contribution < -0.4 is 10.1 Å². The van der Waals surface area contributed by atoms with Crippen LogP contribution in [0.2, 0.25) is 0 Å². The second-order valence-electron chi connectivity index (χ2n) is 3.41. The highest BCUT2D eigenvalue weighted by Crippen LogP contribution is 2.23. The van der Waals surface area contributed by atoms with Gasteiger partial charge >= 0.3 is 0 Å². The van der Waals surface area contributed by atoms with Gasteiger partial charge in [0.2, 0.25) is 0 Å². The highest BCUT2D eigenvalue weighted by Gasteiger charge is 2.16. The van der Waals surface area contributed by atoms with Crippen molar-refractivity contribution in [3.8, 4) is 11.6 Å². The monoisotopic (exact) mass is 230 g/mol. The van der Waals surface area contributed by atoms with Gasteiger partial charge in [0, 0.05) is 12.7 Å². The molecule has 1 aromatic rings. The van der Waals surface area contributed by atoms with E-state index in [1.54, 1.807) is 18.3 Å². The van der Waals surface area contributed by atoms with Crippen LogP contribution in [0, 0.1) is 0 Å². The average Bonchev–Trinajstić information content (AvgIpc) is 2.23. The van der Waals surface area contributed by atoms with Crippen LogP contribution in [0.4, 0.5) is 0 Å². The number of halogens is 1. The molecule has 1 aromatic heterocycles. The number of pyridine rings is 1. The molecule has 0 unspecified atom stereocenters. The Labute approximate surface area is 95.1 Å². The summed E-state index contributed by atoms with van der Waals surface area (Å²) in [6.07, 6.45) is 3.87. The minimum absolute atomic E-state index is 0. The highest BCUT2D eigenvalue weighted by molar-refractivity contribution is 5.85. The molecular formula is C10H15ClN2O2. The molecule has 0 radical (unpaired) electrons. The van der Waals surface area contributed by atoms with Gasteiger partial charge in [0.25, 0.3) is 5.88 Å². The van der Waals surface area contributed by atoms with Gasteiger partial charge in [-0.3, -0.25) is 0 Å². The highest BCUT2D eigenvalue weighted by atomic mass is 35.5. The smallest absolute Gasteiger partial charge is 0.257 e. The van der Waals surface area contributed by atoms with Crippen molar-refractivity contribution in [3.63, 3.8) is 0 Å². The summed E-state index contributed by atoms with van der Waals surface area (Å²) < 4.78 is 5.56. The quantitative estimate of drug-likeness (QED) is 0.805. The SMILES string of the molecule is Cl.Oc1cccnc1O[C@@H]1CCCNC1. The summed E-state index contributed by atoms with van der Waals surface area (Å²) in [5.74, 6) is 0.444. The van der Waals surface area contributed by atoms with Crippen molar-refractivity contribution >= 4 is 12.4 Å². The Morgan fingerprint density at radius 1 is 1.53 bits per heavy atom. The molecule has 0 aromatic carbocycles. The van der Waals surface area contributed by atoms with Crippen LogP contribution in [0.15, 0.2) is 18.3 Å². The van der Waals surface area contributed by atoms with Crippen LogP contribution >= 0.6 is 12.4 Å². The fourth-order valence-corrected chi connectivity index (χ4v) is 1.55. The zero-order chi connectivity index (χ0) is 9.80. The lowest BCUT2D eigenvalue weighted by atomic mass is 10.1. The van der Waals surface area contributed by atoms with E-state index < -0.39 is 0 Å². The maximum atomic E-state index is 9.43. The summed E-state index contributed by atoms with van der Waals surface area (Å²) in [5.41, 5.74) is 0. The molecule has 0 amide bonds. The number of aromatic nitrogens is 1. The number of hydrogen-bond donors (Lipinski definition) is 2. The fourth-order valence-electron chi connectivity index (χ4n) is 1.55. The Morgan fingerprint density at radius 3 is 3.07 bits per heavy atom. The van der Waals surface area contributed by atoms with E-state index in [4.69, 9.17) is 4.74 Å². The minimum atomic E-state index is 0. The van der Waals surface area contributed by atoms with E-state index in [0.717, 1.165) is 25.9 Å². The van der Waals surface area contributed by atoms with Crippen molar-refractivity contribution in [2.45, 2.75) is 18.9 Å². The summed E-state index contributed by atoms with van der Waals surface area (Å²) in [4.78, 5) is 3.97. The summed E-state index contributed by atoms with van der Waals surface area (Å²) >= 11 is 0. The molecule has 2 N–H and O–H groups in total. The van der Waals surface area contributed by atoms with Gasteiger partial charge in [0.1, 0.15) is 6.10 Å². The molecular weight excluding hydrogens is 216 g/mol. The molecule has 0 saturated carbocycles. The van der Waals surface area contributed by atoms with Crippen molar-refractivity contribution in [1.29, 1.82) is 0 Å². The van der Waals surface area contributed by atoms with Gasteiger partial charge in [-0.25, -0.2) is 4.98 Å². The molecule has 1 aliphatic rings. The molecule has 1 atom stereocenters. The Bertz CT molecular complexity index is 303. The maximum absolute atomic E-state index is 9.43. The molecule has 4 nitrogen and oxygen atoms in total. The van der Waals surface area contributed by atoms with Gasteiger partial charge in [-0.2, -0.15) is 0 Å². The first-order valence-electron chi connectivity index (χ1n) is 4.87. The lowest BCUT2D eigenvalue weighted by Crippen LogP contribution is -2.37. The van der Waals surface area contributed by atoms with Crippen LogP contribution in [-0.4, -0.2) is 29.3 Å². The van der Waals surface area contributed by atoms with Crippen molar-refractivity contribution < 1.29 is 9.84 Å². The second kappa shape index (κ2) is 5.78. The van der Waals surface area contributed by atoms with E-state index in [1.807, 2.05) is 0 Å². The lowest BCUT2D eigenvalue weighted by Gasteiger charge is -2.23. The number of nitrogens with one attached hydrogen (secondary N) is 1. The summed E-state index contributed by atoms with van der Waals surface area (Å²) in [5, 5.41) is 12.7. The van der Waals surface area contributed by atoms with Gasteiger partial charge in [0.05, 0.1) is 0 Å². The van der Waals surface area contributed by atoms with E-state index in [0.29, 0.717) is 5.88 Å². The van der Waals surface area contributed by atoms with E-state index >= 15 is 0 Å². The molecule has 1 saturated heterocycles. The zero-order valence-corrected chi connectivity index (χ0v) is 9.17. The second-order valence-corrected chi connectivity index (χ2v) is 3.41. The van der Waals surface area contributed by atoms with Crippen LogP contribution in [0.25, 0.3) is 0 Å². The third-order valence-corrected chi connectivity index (χ3v) is 2.28. The molecule has 0 aliphatic carbocycles. The molecule has 84 valence electrons. The number of aromatic hydroxyl groups is 1. The molecule has 0 bridgehead atoms. The molecule has 2 rings (SSSR count). The van der Waals surface area contributed by atoms with Gasteiger partial charge in [-0.15, -0.1) is 12.4 Å². The van der Waals surface area contributed by atoms with Gasteiger partial charge < -0.3 is 15.2 Å². The van der Waals surface area contributed by atoms with Crippen LogP contribution in [0.3, 0.4) is 0 Å². The molecule has 15 heavy (non-hydrogen) atoms. The normalized spacial score (nSPS) is 20.4. The number of ether oxygens (including phenoxy) is 1. The van der Waals surface area contributed by atoms with Gasteiger partial charge in [-0.05, 0) is 31.5 Å². The summed E-state index contributed by atoms with van der Waals surface area (Å²) in [6.45, 7) is 1.88. The number of piperidine rings is 1. The summed E-state index contributed by atoms with van der Waals surface area (Å²) in [7, 11) is 0. The first-order valence-corrected chi connectivity index (χ1v) is 4.87. The topological polar surface area (TPSA) is 54.4 Å². The van der Waals surface area contributed by atoms with Crippen molar-refractivity contribution in [3.05, 3.63) is 18.3 Å². The third-order valence-electron chi connectivity index (χ3n) is 2.28. The lowest BCUT2D eigenvalue weighted by molar-refractivity contribution is 0.155. The van der Waals surface area contributed by atoms with Crippen molar-refractivity contribution in [2.24, 2.45) is 0 Å². The molecule has 1 aliphatic heterocycles. The Morgan fingerprint density at radius 2 is 2.40 bits per heavy atom. The number of rotatable bonds is 2. The zero-order valence-electron chi connectivity index (χ0n) is 8.35. The summed E-state index contributed by atoms with van der Waals surface area (Å²) in [6, 6.07) is 3.26. The third kappa shape index (κ3) is 3.25. The standard InChI is InChI=1S/C10H14N2O2.ClH/c13-9-4-2-6-12-10(9)14-8-3-1-5-11-7-8;/h2,4,6,8,11,13H,1,3,5,7H2;1H/t8-;/m1./s1. The van der Waals surface area contributed by atoms with E-state index in [9.17, 15) is 5.11 Å². The molecule has 0 spiro atoms. The molecule has 1 fully saturated rings.